The van der Waals surface area contributed by atoms with Crippen LogP contribution < -0.4 is 5.32 Å². The summed E-state index contributed by atoms with van der Waals surface area (Å²) in [4.78, 5) is 13.2. The van der Waals surface area contributed by atoms with Gasteiger partial charge in [0, 0.05) is 20.6 Å². The molecule has 1 aromatic rings. The molecular formula is C7H12N6O. The van der Waals surface area contributed by atoms with Crippen molar-refractivity contribution in [2.45, 2.75) is 12.5 Å². The van der Waals surface area contributed by atoms with Crippen LogP contribution in [0.15, 0.2) is 0 Å². The van der Waals surface area contributed by atoms with Crippen LogP contribution in [-0.2, 0) is 11.8 Å². The lowest BCUT2D eigenvalue weighted by Crippen LogP contribution is -2.31. The zero-order chi connectivity index (χ0) is 10.1. The summed E-state index contributed by atoms with van der Waals surface area (Å²) in [5.74, 6) is 0.617. The van der Waals surface area contributed by atoms with E-state index >= 15 is 0 Å². The molecule has 7 heteroatoms. The molecule has 1 aromatic heterocycles. The Morgan fingerprint density at radius 2 is 2.29 bits per heavy atom. The van der Waals surface area contributed by atoms with E-state index in [0.717, 1.165) is 13.0 Å². The van der Waals surface area contributed by atoms with Crippen molar-refractivity contribution < 1.29 is 4.79 Å². The molecule has 0 saturated carbocycles. The number of nitrogens with zero attached hydrogens (tertiary/aromatic N) is 5. The number of hydrogen-bond donors (Lipinski definition) is 1. The van der Waals surface area contributed by atoms with Crippen molar-refractivity contribution >= 4 is 11.9 Å². The van der Waals surface area contributed by atoms with Gasteiger partial charge in [0.15, 0.2) is 0 Å². The molecule has 2 rings (SSSR count). The molecule has 0 spiro atoms. The standard InChI is InChI=1S/C7H12N6O/c1-12-4-3-5(6(12)14)8-7-9-10-11-13(7)2/h5H,3-4H2,1-2H3,(H,8,9,11). The first-order chi connectivity index (χ1) is 6.68. The first-order valence-electron chi connectivity index (χ1n) is 4.42. The van der Waals surface area contributed by atoms with E-state index in [1.807, 2.05) is 0 Å². The molecule has 2 heterocycles. The number of anilines is 1. The molecule has 1 aliphatic heterocycles. The molecule has 76 valence electrons. The summed E-state index contributed by atoms with van der Waals surface area (Å²) in [5.41, 5.74) is 0. The van der Waals surface area contributed by atoms with Crippen LogP contribution in [-0.4, -0.2) is 50.6 Å². The minimum atomic E-state index is -0.190. The Bertz CT molecular complexity index is 348. The first-order valence-corrected chi connectivity index (χ1v) is 4.42. The van der Waals surface area contributed by atoms with Gasteiger partial charge in [-0.25, -0.2) is 4.68 Å². The van der Waals surface area contributed by atoms with Gasteiger partial charge in [0.1, 0.15) is 6.04 Å². The van der Waals surface area contributed by atoms with Gasteiger partial charge >= 0.3 is 0 Å². The van der Waals surface area contributed by atoms with E-state index in [0.29, 0.717) is 5.95 Å². The van der Waals surface area contributed by atoms with Crippen LogP contribution in [0.1, 0.15) is 6.42 Å². The number of aryl methyl sites for hydroxylation is 1. The maximum absolute atomic E-state index is 11.5. The fourth-order valence-electron chi connectivity index (χ4n) is 1.46. The number of rotatable bonds is 2. The van der Waals surface area contributed by atoms with E-state index in [4.69, 9.17) is 0 Å². The highest BCUT2D eigenvalue weighted by Gasteiger charge is 2.29. The Balaban J connectivity index is 2.06. The van der Waals surface area contributed by atoms with E-state index in [-0.39, 0.29) is 11.9 Å². The number of carbonyl (C=O) groups is 1. The third kappa shape index (κ3) is 1.40. The molecule has 1 atom stereocenters. The summed E-state index contributed by atoms with van der Waals surface area (Å²) in [6, 6.07) is -0.190. The molecule has 1 saturated heterocycles. The predicted octanol–water partition coefficient (Wildman–Crippen LogP) is -1.15. The summed E-state index contributed by atoms with van der Waals surface area (Å²) >= 11 is 0. The van der Waals surface area contributed by atoms with Crippen LogP contribution in [0.5, 0.6) is 0 Å². The topological polar surface area (TPSA) is 75.9 Å². The highest BCUT2D eigenvalue weighted by Crippen LogP contribution is 2.12. The van der Waals surface area contributed by atoms with E-state index in [9.17, 15) is 4.79 Å². The molecule has 1 N–H and O–H groups in total. The van der Waals surface area contributed by atoms with E-state index in [1.165, 1.54) is 4.68 Å². The number of likely N-dealkylation sites (N-methyl/N-ethyl adjacent to an activating group) is 1. The smallest absolute Gasteiger partial charge is 0.244 e. The lowest BCUT2D eigenvalue weighted by atomic mass is 10.2. The first kappa shape index (κ1) is 8.92. The highest BCUT2D eigenvalue weighted by atomic mass is 16.2. The Morgan fingerprint density at radius 3 is 2.79 bits per heavy atom. The Hall–Kier alpha value is -1.66. The summed E-state index contributed by atoms with van der Waals surface area (Å²) in [6.45, 7) is 0.780. The predicted molar refractivity (Wildman–Crippen MR) is 48.5 cm³/mol. The van der Waals surface area contributed by atoms with Gasteiger partial charge in [0.25, 0.3) is 0 Å². The minimum absolute atomic E-state index is 0.0907. The van der Waals surface area contributed by atoms with Crippen molar-refractivity contribution in [2.75, 3.05) is 18.9 Å². The van der Waals surface area contributed by atoms with E-state index in [1.54, 1.807) is 19.0 Å². The molecule has 1 amide bonds. The number of aromatic nitrogens is 4. The van der Waals surface area contributed by atoms with Crippen LogP contribution >= 0.6 is 0 Å². The third-order valence-corrected chi connectivity index (χ3v) is 2.35. The number of likely N-dealkylation sites (tertiary alicyclic amines) is 1. The van der Waals surface area contributed by atoms with E-state index < -0.39 is 0 Å². The van der Waals surface area contributed by atoms with Crippen LogP contribution in [0.4, 0.5) is 5.95 Å². The van der Waals surface area contributed by atoms with Crippen LogP contribution in [0.2, 0.25) is 0 Å². The number of amides is 1. The van der Waals surface area contributed by atoms with Crippen molar-refractivity contribution in [1.29, 1.82) is 0 Å². The molecule has 1 fully saturated rings. The number of nitrogens with one attached hydrogen (secondary N) is 1. The van der Waals surface area contributed by atoms with Gasteiger partial charge in [0.2, 0.25) is 11.9 Å². The molecule has 0 radical (unpaired) electrons. The Kier molecular flexibility index (Phi) is 2.06. The zero-order valence-corrected chi connectivity index (χ0v) is 8.14. The van der Waals surface area contributed by atoms with Gasteiger partial charge in [-0.3, -0.25) is 4.79 Å². The lowest BCUT2D eigenvalue weighted by molar-refractivity contribution is -0.127. The van der Waals surface area contributed by atoms with Gasteiger partial charge in [-0.1, -0.05) is 5.10 Å². The normalized spacial score (nSPS) is 21.7. The maximum atomic E-state index is 11.5. The summed E-state index contributed by atoms with van der Waals surface area (Å²) in [5, 5.41) is 13.9. The fraction of sp³-hybridized carbons (Fsp3) is 0.714. The monoisotopic (exact) mass is 196 g/mol. The zero-order valence-electron chi connectivity index (χ0n) is 8.14. The van der Waals surface area contributed by atoms with Gasteiger partial charge in [0.05, 0.1) is 0 Å². The van der Waals surface area contributed by atoms with Crippen molar-refractivity contribution in [3.63, 3.8) is 0 Å². The second kappa shape index (κ2) is 3.24. The van der Waals surface area contributed by atoms with Gasteiger partial charge in [-0.15, -0.1) is 0 Å². The average Bonchev–Trinajstić information content (AvgIpc) is 2.68. The third-order valence-electron chi connectivity index (χ3n) is 2.35. The van der Waals surface area contributed by atoms with Crippen molar-refractivity contribution in [3.05, 3.63) is 0 Å². The van der Waals surface area contributed by atoms with Crippen LogP contribution in [0, 0.1) is 0 Å². The van der Waals surface area contributed by atoms with E-state index in [2.05, 4.69) is 20.8 Å². The van der Waals surface area contributed by atoms with Gasteiger partial charge in [-0.05, 0) is 16.8 Å². The van der Waals surface area contributed by atoms with Crippen LogP contribution in [0.25, 0.3) is 0 Å². The number of tetrazole rings is 1. The minimum Gasteiger partial charge on any atom is -0.344 e. The summed E-state index contributed by atoms with van der Waals surface area (Å²) < 4.78 is 1.51. The Morgan fingerprint density at radius 1 is 1.50 bits per heavy atom. The second-order valence-corrected chi connectivity index (χ2v) is 3.37. The summed E-state index contributed by atoms with van der Waals surface area (Å²) in [7, 11) is 3.52. The average molecular weight is 196 g/mol. The quantitative estimate of drug-likeness (QED) is 0.646. The highest BCUT2D eigenvalue weighted by molar-refractivity contribution is 5.85. The lowest BCUT2D eigenvalue weighted by Gasteiger charge is -2.11. The van der Waals surface area contributed by atoms with Crippen molar-refractivity contribution in [3.8, 4) is 0 Å². The molecule has 1 aliphatic rings. The number of carbonyl (C=O) groups excluding carboxylic acids is 1. The van der Waals surface area contributed by atoms with Crippen molar-refractivity contribution in [2.24, 2.45) is 7.05 Å². The molecule has 1 unspecified atom stereocenters. The maximum Gasteiger partial charge on any atom is 0.244 e. The number of hydrogen-bond acceptors (Lipinski definition) is 5. The molecule has 14 heavy (non-hydrogen) atoms. The fourth-order valence-corrected chi connectivity index (χ4v) is 1.46. The van der Waals surface area contributed by atoms with Crippen LogP contribution in [0.3, 0.4) is 0 Å². The summed E-state index contributed by atoms with van der Waals surface area (Å²) in [6.07, 6.45) is 0.794. The van der Waals surface area contributed by atoms with Crippen molar-refractivity contribution in [1.82, 2.24) is 25.1 Å². The largest absolute Gasteiger partial charge is 0.344 e. The molecular weight excluding hydrogens is 184 g/mol. The molecule has 0 aliphatic carbocycles. The molecule has 7 nitrogen and oxygen atoms in total. The SMILES string of the molecule is CN1CCC(Nc2nnnn2C)C1=O. The molecule has 0 bridgehead atoms. The second-order valence-electron chi connectivity index (χ2n) is 3.37. The van der Waals surface area contributed by atoms with Gasteiger partial charge < -0.3 is 10.2 Å². The Labute approximate surface area is 81.1 Å². The van der Waals surface area contributed by atoms with Gasteiger partial charge in [-0.2, -0.15) is 0 Å². The molecule has 0 aromatic carbocycles.